The first-order valence-electron chi connectivity index (χ1n) is 8.95. The van der Waals surface area contributed by atoms with Gasteiger partial charge in [-0.3, -0.25) is 0 Å². The molecular weight excluding hydrogens is 344 g/mol. The Morgan fingerprint density at radius 3 is 2.19 bits per heavy atom. The lowest BCUT2D eigenvalue weighted by molar-refractivity contribution is -0.135. The van der Waals surface area contributed by atoms with Gasteiger partial charge in [0.2, 0.25) is 0 Å². The molecule has 27 heavy (non-hydrogen) atoms. The highest BCUT2D eigenvalue weighted by atomic mass is 16.6. The molecule has 1 saturated heterocycles. The first kappa shape index (κ1) is 22.8. The molecule has 0 aromatic rings. The van der Waals surface area contributed by atoms with E-state index in [1.807, 2.05) is 25.2 Å². The van der Waals surface area contributed by atoms with E-state index in [0.29, 0.717) is 17.4 Å². The Morgan fingerprint density at radius 1 is 1.11 bits per heavy atom. The minimum atomic E-state index is -0.505. The maximum atomic E-state index is 11.4. The van der Waals surface area contributed by atoms with Gasteiger partial charge in [0.05, 0.1) is 33.0 Å². The van der Waals surface area contributed by atoms with Gasteiger partial charge in [0.15, 0.2) is 11.5 Å². The van der Waals surface area contributed by atoms with Crippen LogP contribution in [-0.2, 0) is 23.7 Å². The van der Waals surface area contributed by atoms with Crippen molar-refractivity contribution < 1.29 is 23.7 Å². The summed E-state index contributed by atoms with van der Waals surface area (Å²) in [6.45, 7) is 12.2. The second kappa shape index (κ2) is 10.2. The smallest absolute Gasteiger partial charge is 0.334 e. The number of epoxide rings is 1. The van der Waals surface area contributed by atoms with Crippen LogP contribution >= 0.6 is 0 Å². The van der Waals surface area contributed by atoms with E-state index in [1.54, 1.807) is 0 Å². The van der Waals surface area contributed by atoms with Crippen LogP contribution in [0.3, 0.4) is 0 Å². The summed E-state index contributed by atoms with van der Waals surface area (Å²) in [6.07, 6.45) is 10.1. The Bertz CT molecular complexity index is 668. The van der Waals surface area contributed by atoms with Crippen LogP contribution in [0.2, 0.25) is 0 Å². The van der Waals surface area contributed by atoms with Crippen molar-refractivity contribution in [2.75, 3.05) is 21.3 Å². The number of hydrogen-bond acceptors (Lipinski definition) is 5. The lowest BCUT2D eigenvalue weighted by atomic mass is 9.89. The van der Waals surface area contributed by atoms with Crippen LogP contribution in [-0.4, -0.2) is 39.0 Å². The largest absolute Gasteiger partial charge is 0.493 e. The third kappa shape index (κ3) is 6.75. The van der Waals surface area contributed by atoms with E-state index in [9.17, 15) is 4.79 Å². The molecule has 2 unspecified atom stereocenters. The van der Waals surface area contributed by atoms with E-state index in [-0.39, 0.29) is 11.7 Å². The van der Waals surface area contributed by atoms with Crippen molar-refractivity contribution in [2.24, 2.45) is 5.92 Å². The zero-order valence-corrected chi connectivity index (χ0v) is 17.5. The van der Waals surface area contributed by atoms with Gasteiger partial charge in [-0.15, -0.1) is 6.58 Å². The molecule has 1 heterocycles. The Labute approximate surface area is 163 Å². The van der Waals surface area contributed by atoms with E-state index >= 15 is 0 Å². The summed E-state index contributed by atoms with van der Waals surface area (Å²) in [7, 11) is 4.31. The number of carbonyl (C=O) groups excluding carboxylic acids is 1. The van der Waals surface area contributed by atoms with Crippen LogP contribution in [0.4, 0.5) is 0 Å². The van der Waals surface area contributed by atoms with Crippen LogP contribution in [0, 0.1) is 5.92 Å². The summed E-state index contributed by atoms with van der Waals surface area (Å²) in [6, 6.07) is 0. The van der Waals surface area contributed by atoms with Crippen molar-refractivity contribution in [3.63, 3.8) is 0 Å². The summed E-state index contributed by atoms with van der Waals surface area (Å²) in [5.41, 5.74) is 2.13. The topological polar surface area (TPSA) is 57.3 Å². The van der Waals surface area contributed by atoms with Gasteiger partial charge < -0.3 is 18.9 Å². The molecule has 1 aliphatic rings. The second-order valence-electron chi connectivity index (χ2n) is 6.96. The van der Waals surface area contributed by atoms with Crippen molar-refractivity contribution in [3.05, 3.63) is 59.6 Å². The molecule has 5 nitrogen and oxygen atoms in total. The molecular formula is C22H32O5. The average Bonchev–Trinajstić information content (AvgIpc) is 3.31. The van der Waals surface area contributed by atoms with E-state index in [4.69, 9.17) is 14.2 Å². The minimum Gasteiger partial charge on any atom is -0.493 e. The summed E-state index contributed by atoms with van der Waals surface area (Å²) < 4.78 is 20.9. The fraction of sp³-hybridized carbons (Fsp3) is 0.500. The predicted molar refractivity (Wildman–Crippen MR) is 107 cm³/mol. The molecule has 0 amide bonds. The number of methoxy groups -OCH3 is 3. The molecule has 5 heteroatoms. The summed E-state index contributed by atoms with van der Waals surface area (Å²) in [5, 5.41) is 0. The van der Waals surface area contributed by atoms with E-state index in [0.717, 1.165) is 12.0 Å². The normalized spacial score (nSPS) is 24.9. The lowest BCUT2D eigenvalue weighted by Crippen LogP contribution is -2.14. The molecule has 3 atom stereocenters. The van der Waals surface area contributed by atoms with Gasteiger partial charge in [-0.25, -0.2) is 4.79 Å². The van der Waals surface area contributed by atoms with Crippen molar-refractivity contribution in [1.82, 2.24) is 0 Å². The maximum absolute atomic E-state index is 11.4. The third-order valence-electron chi connectivity index (χ3n) is 4.74. The van der Waals surface area contributed by atoms with Gasteiger partial charge in [-0.05, 0) is 44.8 Å². The molecule has 1 rings (SSSR count). The highest BCUT2D eigenvalue weighted by molar-refractivity contribution is 5.83. The van der Waals surface area contributed by atoms with E-state index in [2.05, 4.69) is 38.2 Å². The van der Waals surface area contributed by atoms with E-state index in [1.165, 1.54) is 33.0 Å². The Hall–Kier alpha value is -2.27. The maximum Gasteiger partial charge on any atom is 0.334 e. The van der Waals surface area contributed by atoms with Gasteiger partial charge in [0, 0.05) is 0 Å². The lowest BCUT2D eigenvalue weighted by Gasteiger charge is -2.15. The molecule has 0 saturated carbocycles. The molecule has 0 radical (unpaired) electrons. The van der Waals surface area contributed by atoms with Gasteiger partial charge in [0.25, 0.3) is 0 Å². The second-order valence-corrected chi connectivity index (χ2v) is 6.96. The molecule has 1 aliphatic heterocycles. The minimum absolute atomic E-state index is 0.0931. The molecule has 1 fully saturated rings. The molecule has 0 spiro atoms. The fourth-order valence-electron chi connectivity index (χ4n) is 2.80. The van der Waals surface area contributed by atoms with Crippen LogP contribution < -0.4 is 0 Å². The molecule has 0 aromatic carbocycles. The monoisotopic (exact) mass is 376 g/mol. The van der Waals surface area contributed by atoms with Crippen LogP contribution in [0.5, 0.6) is 0 Å². The molecule has 0 aliphatic carbocycles. The van der Waals surface area contributed by atoms with Crippen molar-refractivity contribution in [1.29, 1.82) is 0 Å². The number of hydrogen-bond donors (Lipinski definition) is 0. The van der Waals surface area contributed by atoms with Crippen LogP contribution in [0.1, 0.15) is 34.1 Å². The first-order valence-corrected chi connectivity index (χ1v) is 8.95. The number of allylic oxidation sites excluding steroid dienone is 5. The quantitative estimate of drug-likeness (QED) is 0.140. The molecule has 150 valence electrons. The Morgan fingerprint density at radius 2 is 1.70 bits per heavy atom. The number of ether oxygens (including phenoxy) is 4. The average molecular weight is 376 g/mol. The van der Waals surface area contributed by atoms with Crippen LogP contribution in [0.15, 0.2) is 59.6 Å². The predicted octanol–water partition coefficient (Wildman–Crippen LogP) is 4.48. The Kier molecular flexibility index (Phi) is 8.57. The highest BCUT2D eigenvalue weighted by Crippen LogP contribution is 2.43. The summed E-state index contributed by atoms with van der Waals surface area (Å²) in [5.74, 6) is 0.641. The molecule has 0 N–H and O–H groups in total. The number of esters is 1. The van der Waals surface area contributed by atoms with Gasteiger partial charge in [-0.1, -0.05) is 30.7 Å². The number of carbonyl (C=O) groups is 1. The zero-order chi connectivity index (χ0) is 20.6. The van der Waals surface area contributed by atoms with Gasteiger partial charge in [-0.2, -0.15) is 0 Å². The molecule has 0 aromatic heterocycles. The van der Waals surface area contributed by atoms with Crippen LogP contribution in [0.25, 0.3) is 0 Å². The third-order valence-corrected chi connectivity index (χ3v) is 4.74. The van der Waals surface area contributed by atoms with Gasteiger partial charge in [0.1, 0.15) is 6.10 Å². The zero-order valence-electron chi connectivity index (χ0n) is 17.5. The molecule has 0 bridgehead atoms. The summed E-state index contributed by atoms with van der Waals surface area (Å²) in [4.78, 5) is 11.4. The van der Waals surface area contributed by atoms with E-state index < -0.39 is 5.97 Å². The fourth-order valence-corrected chi connectivity index (χ4v) is 2.80. The van der Waals surface area contributed by atoms with Crippen molar-refractivity contribution in [3.8, 4) is 0 Å². The van der Waals surface area contributed by atoms with Crippen molar-refractivity contribution in [2.45, 2.75) is 45.8 Å². The summed E-state index contributed by atoms with van der Waals surface area (Å²) >= 11 is 0. The van der Waals surface area contributed by atoms with Gasteiger partial charge >= 0.3 is 5.97 Å². The highest BCUT2D eigenvalue weighted by Gasteiger charge is 2.50. The Balaban J connectivity index is 2.87. The first-order chi connectivity index (χ1) is 12.7. The van der Waals surface area contributed by atoms with Crippen molar-refractivity contribution >= 4 is 5.97 Å². The standard InChI is InChI=1S/C22H32O5/c1-9-20-22(5,27-20)14-17(4)16(3)11-10-15(2)12-18(24-6)19(25-7)13-21(23)26-8/h9-13,17,20H,1,14H2,2-8H3/b15-10-,16-11+,18-12+,19-13+/t17?,20?,22-/m0/s1. The number of rotatable bonds is 10. The SMILES string of the molecule is C=CC1O[C@@]1(C)CC(C)/C(C)=C/C=C(C)\C=C(OC)/C(=C\C(=O)OC)OC.